The predicted molar refractivity (Wildman–Crippen MR) is 119 cm³/mol. The summed E-state index contributed by atoms with van der Waals surface area (Å²) in [5.41, 5.74) is -1.39. The first-order chi connectivity index (χ1) is 15.7. The van der Waals surface area contributed by atoms with Crippen molar-refractivity contribution in [2.45, 2.75) is 17.9 Å². The molecule has 11 heteroatoms. The van der Waals surface area contributed by atoms with Gasteiger partial charge in [-0.2, -0.15) is 13.2 Å². The first-order valence-electron chi connectivity index (χ1n) is 9.55. The molecule has 6 nitrogen and oxygen atoms in total. The van der Waals surface area contributed by atoms with Crippen LogP contribution in [0.3, 0.4) is 0 Å². The van der Waals surface area contributed by atoms with Gasteiger partial charge in [0.1, 0.15) is 5.76 Å². The van der Waals surface area contributed by atoms with Crippen LogP contribution in [0.25, 0.3) is 16.6 Å². The van der Waals surface area contributed by atoms with E-state index < -0.39 is 17.3 Å². The second kappa shape index (κ2) is 9.32. The van der Waals surface area contributed by atoms with Gasteiger partial charge in [0.2, 0.25) is 5.91 Å². The number of hydrogen-bond acceptors (Lipinski definition) is 5. The van der Waals surface area contributed by atoms with E-state index in [-0.39, 0.29) is 39.5 Å². The van der Waals surface area contributed by atoms with Gasteiger partial charge in [0.25, 0.3) is 5.56 Å². The van der Waals surface area contributed by atoms with Crippen LogP contribution in [0.4, 0.5) is 13.2 Å². The maximum Gasteiger partial charge on any atom is 0.416 e. The van der Waals surface area contributed by atoms with Crippen LogP contribution in [0.5, 0.6) is 0 Å². The van der Waals surface area contributed by atoms with Gasteiger partial charge in [-0.05, 0) is 42.5 Å². The van der Waals surface area contributed by atoms with Crippen LogP contribution in [-0.4, -0.2) is 21.2 Å². The molecule has 0 unspecified atom stereocenters. The standard InChI is InChI=1S/C22H15ClF3N3O3S/c23-16-8-7-13(22(24,25)26)10-18(16)29-20(31)15-5-1-2-6-17(15)28-21(29)33-12-19(30)27-11-14-4-3-9-32-14/h1-10H,11-12H2,(H,27,30). The molecule has 0 fully saturated rings. The zero-order chi connectivity index (χ0) is 23.6. The maximum absolute atomic E-state index is 13.3. The third kappa shape index (κ3) is 5.07. The summed E-state index contributed by atoms with van der Waals surface area (Å²) in [7, 11) is 0. The average molecular weight is 494 g/mol. The molecule has 0 spiro atoms. The lowest BCUT2D eigenvalue weighted by molar-refractivity contribution is -0.137. The number of thioether (sulfide) groups is 1. The van der Waals surface area contributed by atoms with Gasteiger partial charge in [-0.1, -0.05) is 35.5 Å². The lowest BCUT2D eigenvalue weighted by atomic mass is 10.2. The number of furan rings is 1. The molecule has 2 heterocycles. The number of nitrogens with one attached hydrogen (secondary N) is 1. The van der Waals surface area contributed by atoms with Crippen molar-refractivity contribution in [3.05, 3.63) is 87.6 Å². The molecule has 0 aliphatic carbocycles. The zero-order valence-corrected chi connectivity index (χ0v) is 18.3. The minimum Gasteiger partial charge on any atom is -0.467 e. The van der Waals surface area contributed by atoms with Gasteiger partial charge < -0.3 is 9.73 Å². The highest BCUT2D eigenvalue weighted by atomic mass is 35.5. The molecule has 1 N–H and O–H groups in total. The Balaban J connectivity index is 1.73. The van der Waals surface area contributed by atoms with E-state index in [0.717, 1.165) is 34.5 Å². The highest BCUT2D eigenvalue weighted by molar-refractivity contribution is 7.99. The number of alkyl halides is 3. The number of para-hydroxylation sites is 1. The molecule has 0 saturated heterocycles. The third-order valence-electron chi connectivity index (χ3n) is 4.63. The molecule has 0 aliphatic rings. The second-order valence-electron chi connectivity index (χ2n) is 6.86. The number of fused-ring (bicyclic) bond motifs is 1. The summed E-state index contributed by atoms with van der Waals surface area (Å²) in [6.07, 6.45) is -3.15. The summed E-state index contributed by atoms with van der Waals surface area (Å²) in [4.78, 5) is 30.0. The molecule has 170 valence electrons. The fraction of sp³-hybridized carbons (Fsp3) is 0.136. The number of halogens is 4. The molecular formula is C22H15ClF3N3O3S. The van der Waals surface area contributed by atoms with Crippen LogP contribution in [0.2, 0.25) is 5.02 Å². The zero-order valence-electron chi connectivity index (χ0n) is 16.7. The lowest BCUT2D eigenvalue weighted by Gasteiger charge is -2.16. The predicted octanol–water partition coefficient (Wildman–Crippen LogP) is 5.06. The van der Waals surface area contributed by atoms with Crippen LogP contribution in [0.15, 0.2) is 75.2 Å². The number of aromatic nitrogens is 2. The van der Waals surface area contributed by atoms with Crippen LogP contribution in [0, 0.1) is 0 Å². The van der Waals surface area contributed by atoms with E-state index in [1.807, 2.05) is 0 Å². The van der Waals surface area contributed by atoms with E-state index in [1.165, 1.54) is 12.3 Å². The Hall–Kier alpha value is -3.24. The largest absolute Gasteiger partial charge is 0.467 e. The summed E-state index contributed by atoms with van der Waals surface area (Å²) >= 11 is 7.10. The smallest absolute Gasteiger partial charge is 0.416 e. The van der Waals surface area contributed by atoms with Gasteiger partial charge in [0.05, 0.1) is 45.7 Å². The number of nitrogens with zero attached hydrogens (tertiary/aromatic N) is 2. The quantitative estimate of drug-likeness (QED) is 0.300. The highest BCUT2D eigenvalue weighted by Gasteiger charge is 2.31. The van der Waals surface area contributed by atoms with Crippen molar-refractivity contribution in [1.29, 1.82) is 0 Å². The van der Waals surface area contributed by atoms with Crippen molar-refractivity contribution in [3.8, 4) is 5.69 Å². The molecule has 33 heavy (non-hydrogen) atoms. The van der Waals surface area contributed by atoms with Crippen LogP contribution in [-0.2, 0) is 17.5 Å². The first-order valence-corrected chi connectivity index (χ1v) is 10.9. The Morgan fingerprint density at radius 1 is 1.15 bits per heavy atom. The topological polar surface area (TPSA) is 77.1 Å². The van der Waals surface area contributed by atoms with Crippen molar-refractivity contribution >= 4 is 40.2 Å². The van der Waals surface area contributed by atoms with Crippen molar-refractivity contribution in [2.24, 2.45) is 0 Å². The van der Waals surface area contributed by atoms with Crippen LogP contribution in [0.1, 0.15) is 11.3 Å². The van der Waals surface area contributed by atoms with Gasteiger partial charge in [0, 0.05) is 0 Å². The Morgan fingerprint density at radius 2 is 1.94 bits per heavy atom. The van der Waals surface area contributed by atoms with Crippen molar-refractivity contribution < 1.29 is 22.4 Å². The van der Waals surface area contributed by atoms with Crippen molar-refractivity contribution in [2.75, 3.05) is 5.75 Å². The normalized spacial score (nSPS) is 11.6. The van der Waals surface area contributed by atoms with Gasteiger partial charge >= 0.3 is 6.18 Å². The maximum atomic E-state index is 13.3. The van der Waals surface area contributed by atoms with Gasteiger partial charge in [0.15, 0.2) is 5.16 Å². The first kappa shape index (κ1) is 22.9. The summed E-state index contributed by atoms with van der Waals surface area (Å²) in [5, 5.41) is 2.84. The summed E-state index contributed by atoms with van der Waals surface area (Å²) in [5.74, 6) is 0.0487. The number of carbonyl (C=O) groups excluding carboxylic acids is 1. The summed E-state index contributed by atoms with van der Waals surface area (Å²) in [6.45, 7) is 0.170. The molecule has 2 aromatic carbocycles. The van der Waals surface area contributed by atoms with E-state index in [1.54, 1.807) is 30.3 Å². The minimum absolute atomic E-state index is 0.0353. The molecule has 0 bridgehead atoms. The number of rotatable bonds is 6. The molecular weight excluding hydrogens is 479 g/mol. The molecule has 0 aliphatic heterocycles. The molecule has 1 amide bonds. The Kier molecular flexibility index (Phi) is 6.48. The van der Waals surface area contributed by atoms with E-state index in [4.69, 9.17) is 16.0 Å². The molecule has 0 radical (unpaired) electrons. The fourth-order valence-corrected chi connectivity index (χ4v) is 4.10. The molecule has 0 atom stereocenters. The number of hydrogen-bond donors (Lipinski definition) is 1. The second-order valence-corrected chi connectivity index (χ2v) is 8.21. The van der Waals surface area contributed by atoms with Crippen LogP contribution < -0.4 is 10.9 Å². The van der Waals surface area contributed by atoms with E-state index in [9.17, 15) is 22.8 Å². The van der Waals surface area contributed by atoms with Crippen LogP contribution >= 0.6 is 23.4 Å². The van der Waals surface area contributed by atoms with Gasteiger partial charge in [-0.25, -0.2) is 4.98 Å². The number of carbonyl (C=O) groups is 1. The molecule has 4 rings (SSSR count). The number of amides is 1. The molecule has 0 saturated carbocycles. The van der Waals surface area contributed by atoms with E-state index in [0.29, 0.717) is 11.3 Å². The Morgan fingerprint density at radius 3 is 2.67 bits per heavy atom. The van der Waals surface area contributed by atoms with Crippen molar-refractivity contribution in [3.63, 3.8) is 0 Å². The molecule has 4 aromatic rings. The Bertz CT molecular complexity index is 1370. The minimum atomic E-state index is -4.63. The fourth-order valence-electron chi connectivity index (χ4n) is 3.06. The highest BCUT2D eigenvalue weighted by Crippen LogP contribution is 2.34. The van der Waals surface area contributed by atoms with E-state index >= 15 is 0 Å². The molecule has 2 aromatic heterocycles. The van der Waals surface area contributed by atoms with E-state index in [2.05, 4.69) is 10.3 Å². The summed E-state index contributed by atoms with van der Waals surface area (Å²) < 4.78 is 46.1. The summed E-state index contributed by atoms with van der Waals surface area (Å²) in [6, 6.07) is 12.5. The van der Waals surface area contributed by atoms with Crippen molar-refractivity contribution in [1.82, 2.24) is 14.9 Å². The SMILES string of the molecule is O=C(CSc1nc2ccccc2c(=O)n1-c1cc(C(F)(F)F)ccc1Cl)NCc1ccco1. The van der Waals surface area contributed by atoms with Gasteiger partial charge in [-0.3, -0.25) is 14.2 Å². The number of benzene rings is 2. The monoisotopic (exact) mass is 493 g/mol. The Labute approximate surface area is 194 Å². The average Bonchev–Trinajstić information content (AvgIpc) is 3.30. The van der Waals surface area contributed by atoms with Gasteiger partial charge in [-0.15, -0.1) is 0 Å². The third-order valence-corrected chi connectivity index (χ3v) is 5.89. The lowest BCUT2D eigenvalue weighted by Crippen LogP contribution is -2.26.